The Morgan fingerprint density at radius 1 is 1.11 bits per heavy atom. The molecule has 1 unspecified atom stereocenters. The Labute approximate surface area is 210 Å². The molecule has 1 aromatic carbocycles. The van der Waals surface area contributed by atoms with E-state index in [-0.39, 0.29) is 56.0 Å². The fourth-order valence-electron chi connectivity index (χ4n) is 3.04. The van der Waals surface area contributed by atoms with Crippen LogP contribution in [0.25, 0.3) is 28.6 Å². The third kappa shape index (κ3) is 5.16. The normalized spacial score (nSPS) is 12.7. The largest absolute Gasteiger partial charge is 0.477 e. The fourth-order valence-corrected chi connectivity index (χ4v) is 3.74. The minimum absolute atomic E-state index is 0.0380. The Kier molecular flexibility index (Phi) is 6.85. The summed E-state index contributed by atoms with van der Waals surface area (Å²) in [4.78, 5) is 20.2. The average molecular weight is 550 g/mol. The number of benzene rings is 1. The van der Waals surface area contributed by atoms with Crippen molar-refractivity contribution < 1.29 is 32.0 Å². The van der Waals surface area contributed by atoms with Crippen LogP contribution in [0, 0.1) is 0 Å². The second-order valence-corrected chi connectivity index (χ2v) is 8.35. The SMILES string of the molecule is CCOC(=O)C(C)Oc1cc(Cl)c(-c2noc(-c3cn4cc(C(F)(F)F)cc(Cl)c4n3)n2)cc1Cl. The molecule has 4 rings (SSSR count). The molecule has 1 atom stereocenters. The summed E-state index contributed by atoms with van der Waals surface area (Å²) in [5.41, 5.74) is -0.488. The highest BCUT2D eigenvalue weighted by Crippen LogP contribution is 2.37. The molecule has 0 bridgehead atoms. The first kappa shape index (κ1) is 25.1. The Morgan fingerprint density at radius 2 is 1.86 bits per heavy atom. The molecule has 0 fully saturated rings. The van der Waals surface area contributed by atoms with Gasteiger partial charge in [-0.05, 0) is 26.0 Å². The molecule has 184 valence electrons. The lowest BCUT2D eigenvalue weighted by Crippen LogP contribution is -2.26. The second-order valence-electron chi connectivity index (χ2n) is 7.13. The summed E-state index contributed by atoms with van der Waals surface area (Å²) >= 11 is 18.6. The van der Waals surface area contributed by atoms with E-state index in [1.54, 1.807) is 6.92 Å². The van der Waals surface area contributed by atoms with E-state index in [0.717, 1.165) is 16.7 Å². The van der Waals surface area contributed by atoms with Crippen LogP contribution in [0.5, 0.6) is 5.75 Å². The zero-order valence-corrected chi connectivity index (χ0v) is 20.1. The molecule has 14 heteroatoms. The molecule has 0 saturated carbocycles. The van der Waals surface area contributed by atoms with Crippen LogP contribution in [0.3, 0.4) is 0 Å². The van der Waals surface area contributed by atoms with E-state index >= 15 is 0 Å². The Hall–Kier alpha value is -3.02. The first-order chi connectivity index (χ1) is 16.5. The third-order valence-electron chi connectivity index (χ3n) is 4.66. The summed E-state index contributed by atoms with van der Waals surface area (Å²) in [7, 11) is 0. The van der Waals surface area contributed by atoms with Gasteiger partial charge in [-0.1, -0.05) is 40.0 Å². The number of aromatic nitrogens is 4. The van der Waals surface area contributed by atoms with E-state index in [9.17, 15) is 18.0 Å². The molecular weight excluding hydrogens is 536 g/mol. The molecule has 4 aromatic rings. The first-order valence-corrected chi connectivity index (χ1v) is 11.0. The lowest BCUT2D eigenvalue weighted by Gasteiger charge is -2.15. The Balaban J connectivity index is 1.63. The number of carbonyl (C=O) groups excluding carboxylic acids is 1. The number of carbonyl (C=O) groups is 1. The number of nitrogens with zero attached hydrogens (tertiary/aromatic N) is 4. The van der Waals surface area contributed by atoms with Crippen LogP contribution in [0.4, 0.5) is 13.2 Å². The molecule has 0 N–H and O–H groups in total. The molecule has 35 heavy (non-hydrogen) atoms. The summed E-state index contributed by atoms with van der Waals surface area (Å²) in [6.07, 6.45) is -3.39. The predicted molar refractivity (Wildman–Crippen MR) is 121 cm³/mol. The summed E-state index contributed by atoms with van der Waals surface area (Å²) in [6.45, 7) is 3.37. The van der Waals surface area contributed by atoms with Crippen molar-refractivity contribution in [3.05, 3.63) is 51.2 Å². The van der Waals surface area contributed by atoms with E-state index in [4.69, 9.17) is 48.8 Å². The molecule has 0 aliphatic carbocycles. The van der Waals surface area contributed by atoms with Gasteiger partial charge in [-0.3, -0.25) is 0 Å². The van der Waals surface area contributed by atoms with Crippen LogP contribution in [0.15, 0.2) is 35.1 Å². The van der Waals surface area contributed by atoms with Gasteiger partial charge in [0.1, 0.15) is 11.4 Å². The van der Waals surface area contributed by atoms with Crippen molar-refractivity contribution in [3.63, 3.8) is 0 Å². The minimum atomic E-state index is -4.58. The van der Waals surface area contributed by atoms with Crippen LogP contribution in [-0.4, -0.2) is 38.2 Å². The van der Waals surface area contributed by atoms with Crippen molar-refractivity contribution in [2.45, 2.75) is 26.1 Å². The highest BCUT2D eigenvalue weighted by molar-refractivity contribution is 6.36. The number of pyridine rings is 1. The molecule has 0 radical (unpaired) electrons. The van der Waals surface area contributed by atoms with Gasteiger partial charge in [-0.2, -0.15) is 18.2 Å². The number of ether oxygens (including phenoxy) is 2. The van der Waals surface area contributed by atoms with Gasteiger partial charge in [-0.15, -0.1) is 0 Å². The highest BCUT2D eigenvalue weighted by Gasteiger charge is 2.32. The smallest absolute Gasteiger partial charge is 0.417 e. The van der Waals surface area contributed by atoms with Gasteiger partial charge in [0.25, 0.3) is 5.89 Å². The van der Waals surface area contributed by atoms with E-state index < -0.39 is 23.8 Å². The highest BCUT2D eigenvalue weighted by atomic mass is 35.5. The lowest BCUT2D eigenvalue weighted by molar-refractivity contribution is -0.150. The number of halogens is 6. The van der Waals surface area contributed by atoms with Gasteiger partial charge in [0.05, 0.1) is 27.2 Å². The maximum atomic E-state index is 13.1. The predicted octanol–water partition coefficient (Wildman–Crippen LogP) is 6.36. The molecule has 0 saturated heterocycles. The van der Waals surface area contributed by atoms with Crippen LogP contribution in [0.2, 0.25) is 15.1 Å². The molecule has 0 amide bonds. The maximum Gasteiger partial charge on any atom is 0.417 e. The van der Waals surface area contributed by atoms with Crippen molar-refractivity contribution in [2.75, 3.05) is 6.61 Å². The number of fused-ring (bicyclic) bond motifs is 1. The molecule has 0 aliphatic rings. The number of hydrogen-bond donors (Lipinski definition) is 0. The van der Waals surface area contributed by atoms with Crippen molar-refractivity contribution >= 4 is 46.4 Å². The van der Waals surface area contributed by atoms with Crippen LogP contribution >= 0.6 is 34.8 Å². The van der Waals surface area contributed by atoms with Gasteiger partial charge in [-0.25, -0.2) is 9.78 Å². The zero-order chi connectivity index (χ0) is 25.5. The van der Waals surface area contributed by atoms with Crippen molar-refractivity contribution in [1.29, 1.82) is 0 Å². The van der Waals surface area contributed by atoms with Gasteiger partial charge in [0.2, 0.25) is 5.82 Å². The van der Waals surface area contributed by atoms with E-state index in [1.165, 1.54) is 25.3 Å². The van der Waals surface area contributed by atoms with Gasteiger partial charge in [0.15, 0.2) is 11.8 Å². The van der Waals surface area contributed by atoms with Crippen molar-refractivity contribution in [3.8, 4) is 28.7 Å². The van der Waals surface area contributed by atoms with Crippen LogP contribution in [0.1, 0.15) is 19.4 Å². The minimum Gasteiger partial charge on any atom is -0.477 e. The maximum absolute atomic E-state index is 13.1. The molecule has 8 nitrogen and oxygen atoms in total. The first-order valence-electron chi connectivity index (χ1n) is 9.90. The molecule has 3 heterocycles. The standard InChI is InChI=1S/C21H14Cl3F3N4O4/c1-3-33-20(32)9(2)34-16-6-12(22)11(5-13(16)23)17-29-19(35-30-17)15-8-31-7-10(21(25,26)27)4-14(24)18(31)28-15/h4-9H,3H2,1-2H3. The van der Waals surface area contributed by atoms with Gasteiger partial charge in [0, 0.05) is 24.0 Å². The molecular formula is C21H14Cl3F3N4O4. The molecule has 3 aromatic heterocycles. The van der Waals surface area contributed by atoms with E-state index in [2.05, 4.69) is 15.1 Å². The Bertz CT molecular complexity index is 1420. The number of imidazole rings is 1. The zero-order valence-electron chi connectivity index (χ0n) is 17.9. The third-order valence-corrected chi connectivity index (χ3v) is 5.55. The number of rotatable bonds is 6. The number of hydrogen-bond acceptors (Lipinski definition) is 7. The monoisotopic (exact) mass is 548 g/mol. The Morgan fingerprint density at radius 3 is 2.54 bits per heavy atom. The van der Waals surface area contributed by atoms with Crippen molar-refractivity contribution in [2.24, 2.45) is 0 Å². The summed E-state index contributed by atoms with van der Waals surface area (Å²) in [6, 6.07) is 3.58. The lowest BCUT2D eigenvalue weighted by atomic mass is 10.2. The summed E-state index contributed by atoms with van der Waals surface area (Å²) in [5, 5.41) is 3.91. The van der Waals surface area contributed by atoms with Crippen molar-refractivity contribution in [1.82, 2.24) is 19.5 Å². The number of alkyl halides is 3. The topological polar surface area (TPSA) is 91.8 Å². The van der Waals surface area contributed by atoms with Crippen LogP contribution in [-0.2, 0) is 15.7 Å². The van der Waals surface area contributed by atoms with E-state index in [1.807, 2.05) is 0 Å². The van der Waals surface area contributed by atoms with Gasteiger partial charge >= 0.3 is 12.1 Å². The fraction of sp³-hybridized carbons (Fsp3) is 0.238. The van der Waals surface area contributed by atoms with Gasteiger partial charge < -0.3 is 18.4 Å². The number of esters is 1. The van der Waals surface area contributed by atoms with Crippen LogP contribution < -0.4 is 4.74 Å². The second kappa shape index (κ2) is 9.56. The average Bonchev–Trinajstić information content (AvgIpc) is 3.43. The van der Waals surface area contributed by atoms with E-state index in [0.29, 0.717) is 0 Å². The molecule has 0 spiro atoms. The molecule has 0 aliphatic heterocycles. The summed E-state index contributed by atoms with van der Waals surface area (Å²) in [5.74, 6) is -0.477. The quantitative estimate of drug-likeness (QED) is 0.258. The summed E-state index contributed by atoms with van der Waals surface area (Å²) < 4.78 is 56.0.